The highest BCUT2D eigenvalue weighted by Gasteiger charge is 2.48. The number of halogens is 3. The van der Waals surface area contributed by atoms with Gasteiger partial charge in [-0.1, -0.05) is 13.8 Å². The fourth-order valence-electron chi connectivity index (χ4n) is 3.93. The number of hydrogen-bond acceptors (Lipinski definition) is 5. The molecule has 1 aromatic heterocycles. The number of carbonyl (C=O) groups is 2. The third-order valence-corrected chi connectivity index (χ3v) is 5.86. The molecular formula is C17H20F3N3O2S. The number of nitrogens with zero attached hydrogens (tertiary/aromatic N) is 2. The molecule has 2 aliphatic rings. The van der Waals surface area contributed by atoms with E-state index in [0.717, 1.165) is 16.7 Å². The van der Waals surface area contributed by atoms with Crippen LogP contribution < -0.4 is 5.73 Å². The highest BCUT2D eigenvalue weighted by Crippen LogP contribution is 2.47. The molecule has 1 fully saturated rings. The van der Waals surface area contributed by atoms with Crippen LogP contribution in [0.25, 0.3) is 0 Å². The van der Waals surface area contributed by atoms with Crippen LogP contribution in [0, 0.1) is 10.8 Å². The van der Waals surface area contributed by atoms with E-state index in [-0.39, 0.29) is 34.2 Å². The lowest BCUT2D eigenvalue weighted by Gasteiger charge is -2.39. The van der Waals surface area contributed by atoms with Crippen LogP contribution in [-0.2, 0) is 22.2 Å². The number of nitrogens with two attached hydrogens (primary N) is 1. The smallest absolute Gasteiger partial charge is 0.396 e. The fourth-order valence-corrected chi connectivity index (χ4v) is 4.72. The van der Waals surface area contributed by atoms with Crippen LogP contribution in [0.1, 0.15) is 37.4 Å². The number of hydrogen-bond donors (Lipinski definition) is 1. The second-order valence-electron chi connectivity index (χ2n) is 7.72. The maximum atomic E-state index is 12.6. The quantitative estimate of drug-likeness (QED) is 0.847. The molecule has 0 bridgehead atoms. The summed E-state index contributed by atoms with van der Waals surface area (Å²) in [5.74, 6) is -0.345. The molecule has 1 aliphatic carbocycles. The second kappa shape index (κ2) is 6.07. The van der Waals surface area contributed by atoms with Gasteiger partial charge in [0.25, 0.3) is 0 Å². The van der Waals surface area contributed by atoms with E-state index < -0.39 is 17.3 Å². The monoisotopic (exact) mass is 387 g/mol. The molecule has 142 valence electrons. The summed E-state index contributed by atoms with van der Waals surface area (Å²) < 4.78 is 37.9. The Morgan fingerprint density at radius 2 is 2.12 bits per heavy atom. The van der Waals surface area contributed by atoms with Crippen molar-refractivity contribution in [2.75, 3.05) is 13.1 Å². The number of allylic oxidation sites excluding steroid dienone is 1. The fraction of sp³-hybridized carbons (Fsp3) is 0.588. The summed E-state index contributed by atoms with van der Waals surface area (Å²) in [7, 11) is 0. The summed E-state index contributed by atoms with van der Waals surface area (Å²) >= 11 is 0.836. The van der Waals surface area contributed by atoms with E-state index in [1.54, 1.807) is 11.0 Å². The molecule has 26 heavy (non-hydrogen) atoms. The molecule has 5 nitrogen and oxygen atoms in total. The molecule has 3 rings (SSSR count). The van der Waals surface area contributed by atoms with Crippen LogP contribution in [0.15, 0.2) is 17.2 Å². The lowest BCUT2D eigenvalue weighted by molar-refractivity contribution is -0.141. The van der Waals surface area contributed by atoms with Gasteiger partial charge in [0.15, 0.2) is 11.5 Å². The lowest BCUT2D eigenvalue weighted by Crippen LogP contribution is -2.42. The Hall–Kier alpha value is -1.90. The van der Waals surface area contributed by atoms with Gasteiger partial charge >= 0.3 is 6.18 Å². The van der Waals surface area contributed by atoms with Crippen molar-refractivity contribution < 1.29 is 22.8 Å². The standard InChI is InChI=1S/C17H20F3N3O2S/c1-15(2)8-16(6-10(21)14(15)25)3-4-23(9-16)13(24)5-12-22-11(7-26-12)17(18,19)20/h6-7H,3-5,8-9,21H2,1-2H3/t16-/m1/s1. The van der Waals surface area contributed by atoms with E-state index in [1.165, 1.54) is 0 Å². The highest BCUT2D eigenvalue weighted by molar-refractivity contribution is 7.09. The molecule has 1 amide bonds. The van der Waals surface area contributed by atoms with Crippen molar-refractivity contribution in [2.24, 2.45) is 16.6 Å². The summed E-state index contributed by atoms with van der Waals surface area (Å²) in [5, 5.41) is 1.07. The van der Waals surface area contributed by atoms with Crippen LogP contribution >= 0.6 is 11.3 Å². The second-order valence-corrected chi connectivity index (χ2v) is 8.66. The van der Waals surface area contributed by atoms with E-state index in [4.69, 9.17) is 5.73 Å². The van der Waals surface area contributed by atoms with Gasteiger partial charge < -0.3 is 10.6 Å². The summed E-state index contributed by atoms with van der Waals surface area (Å²) in [5.41, 5.74) is 4.21. The third-order valence-electron chi connectivity index (χ3n) is 5.02. The number of alkyl halides is 3. The van der Waals surface area contributed by atoms with E-state index in [0.29, 0.717) is 25.9 Å². The minimum atomic E-state index is -4.50. The topological polar surface area (TPSA) is 76.3 Å². The average Bonchev–Trinajstić information content (AvgIpc) is 3.12. The summed E-state index contributed by atoms with van der Waals surface area (Å²) in [6.45, 7) is 4.59. The van der Waals surface area contributed by atoms with Gasteiger partial charge in [-0.3, -0.25) is 9.59 Å². The van der Waals surface area contributed by atoms with Gasteiger partial charge in [0.05, 0.1) is 12.1 Å². The van der Waals surface area contributed by atoms with Crippen molar-refractivity contribution in [3.8, 4) is 0 Å². The SMILES string of the molecule is CC1(C)C[C@]2(C=C(N)C1=O)CCN(C(=O)Cc1nc(C(F)(F)F)cs1)C2. The van der Waals surface area contributed by atoms with Gasteiger partial charge in [-0.15, -0.1) is 11.3 Å². The average molecular weight is 387 g/mol. The van der Waals surface area contributed by atoms with Gasteiger partial charge in [0, 0.05) is 29.3 Å². The van der Waals surface area contributed by atoms with Gasteiger partial charge in [-0.2, -0.15) is 13.2 Å². The van der Waals surface area contributed by atoms with Crippen LogP contribution in [0.4, 0.5) is 13.2 Å². The Morgan fingerprint density at radius 1 is 1.42 bits per heavy atom. The first-order valence-electron chi connectivity index (χ1n) is 8.24. The zero-order valence-electron chi connectivity index (χ0n) is 14.5. The van der Waals surface area contributed by atoms with E-state index >= 15 is 0 Å². The molecule has 1 atom stereocenters. The first-order chi connectivity index (χ1) is 11.9. The minimum Gasteiger partial charge on any atom is -0.396 e. The van der Waals surface area contributed by atoms with Crippen LogP contribution in [0.5, 0.6) is 0 Å². The third kappa shape index (κ3) is 3.49. The Balaban J connectivity index is 1.70. The van der Waals surface area contributed by atoms with Crippen LogP contribution in [-0.4, -0.2) is 34.7 Å². The zero-order chi connectivity index (χ0) is 19.3. The normalized spacial score (nSPS) is 25.7. The number of likely N-dealkylation sites (tertiary alicyclic amines) is 1. The Labute approximate surface area is 153 Å². The van der Waals surface area contributed by atoms with Gasteiger partial charge in [-0.05, 0) is 18.9 Å². The van der Waals surface area contributed by atoms with Crippen molar-refractivity contribution in [1.29, 1.82) is 0 Å². The van der Waals surface area contributed by atoms with Crippen molar-refractivity contribution in [3.63, 3.8) is 0 Å². The molecule has 2 N–H and O–H groups in total. The van der Waals surface area contributed by atoms with E-state index in [1.807, 2.05) is 13.8 Å². The number of thiazole rings is 1. The molecule has 1 spiro atoms. The molecule has 1 aromatic rings. The van der Waals surface area contributed by atoms with Crippen molar-refractivity contribution in [3.05, 3.63) is 27.9 Å². The lowest BCUT2D eigenvalue weighted by atomic mass is 9.65. The molecule has 1 saturated heterocycles. The first kappa shape index (κ1) is 18.9. The Morgan fingerprint density at radius 3 is 2.69 bits per heavy atom. The molecular weight excluding hydrogens is 367 g/mol. The van der Waals surface area contributed by atoms with Gasteiger partial charge in [0.2, 0.25) is 5.91 Å². The molecule has 1 aliphatic heterocycles. The maximum Gasteiger partial charge on any atom is 0.434 e. The predicted molar refractivity (Wildman–Crippen MR) is 90.1 cm³/mol. The van der Waals surface area contributed by atoms with Gasteiger partial charge in [0.1, 0.15) is 5.01 Å². The number of carbonyl (C=O) groups excluding carboxylic acids is 2. The van der Waals surface area contributed by atoms with E-state index in [2.05, 4.69) is 4.98 Å². The first-order valence-corrected chi connectivity index (χ1v) is 9.12. The Bertz CT molecular complexity index is 784. The molecule has 0 radical (unpaired) electrons. The van der Waals surface area contributed by atoms with Crippen molar-refractivity contribution in [1.82, 2.24) is 9.88 Å². The summed E-state index contributed by atoms with van der Waals surface area (Å²) in [6, 6.07) is 0. The number of Topliss-reactive ketones (excluding diaryl/α,β-unsaturated/α-hetero) is 1. The number of rotatable bonds is 2. The number of amides is 1. The van der Waals surface area contributed by atoms with Crippen LogP contribution in [0.2, 0.25) is 0 Å². The zero-order valence-corrected chi connectivity index (χ0v) is 15.3. The molecule has 0 saturated carbocycles. The summed E-state index contributed by atoms with van der Waals surface area (Å²) in [4.78, 5) is 29.8. The predicted octanol–water partition coefficient (Wildman–Crippen LogP) is 2.76. The molecule has 0 unspecified atom stereocenters. The Kier molecular flexibility index (Phi) is 4.41. The van der Waals surface area contributed by atoms with E-state index in [9.17, 15) is 22.8 Å². The molecule has 2 heterocycles. The molecule has 9 heteroatoms. The largest absolute Gasteiger partial charge is 0.434 e. The summed E-state index contributed by atoms with van der Waals surface area (Å²) in [6.07, 6.45) is -1.62. The van der Waals surface area contributed by atoms with Gasteiger partial charge in [-0.25, -0.2) is 4.98 Å². The van der Waals surface area contributed by atoms with Crippen molar-refractivity contribution >= 4 is 23.0 Å². The molecule has 0 aromatic carbocycles. The van der Waals surface area contributed by atoms with Crippen molar-refractivity contribution in [2.45, 2.75) is 39.3 Å². The van der Waals surface area contributed by atoms with Crippen LogP contribution in [0.3, 0.4) is 0 Å². The number of aromatic nitrogens is 1. The number of ketones is 1. The maximum absolute atomic E-state index is 12.6. The minimum absolute atomic E-state index is 0.0876. The highest BCUT2D eigenvalue weighted by atomic mass is 32.1.